The van der Waals surface area contributed by atoms with Gasteiger partial charge in [0.15, 0.2) is 9.84 Å². The number of sulfone groups is 1. The van der Waals surface area contributed by atoms with Gasteiger partial charge in [-0.1, -0.05) is 25.9 Å². The third-order valence-electron chi connectivity index (χ3n) is 3.51. The Labute approximate surface area is 125 Å². The number of hydrogen-bond donors (Lipinski definition) is 1. The highest BCUT2D eigenvalue weighted by Crippen LogP contribution is 2.33. The molecule has 2 heterocycles. The first kappa shape index (κ1) is 16.4. The lowest BCUT2D eigenvalue weighted by molar-refractivity contribution is 0.00718. The molecule has 0 bridgehead atoms. The molecule has 0 aromatic carbocycles. The Kier molecular flexibility index (Phi) is 4.69. The molecular formula is C13H23N3O4S. The molecule has 0 saturated carbocycles. The number of aromatic nitrogens is 2. The highest BCUT2D eigenvalue weighted by molar-refractivity contribution is 7.91. The average Bonchev–Trinajstić information content (AvgIpc) is 2.93. The minimum absolute atomic E-state index is 0.0359. The van der Waals surface area contributed by atoms with Crippen molar-refractivity contribution < 1.29 is 17.7 Å². The van der Waals surface area contributed by atoms with Crippen molar-refractivity contribution in [2.45, 2.75) is 45.9 Å². The Morgan fingerprint density at radius 2 is 2.19 bits per heavy atom. The number of nitrogens with zero attached hydrogens (tertiary/aromatic N) is 2. The van der Waals surface area contributed by atoms with Gasteiger partial charge >= 0.3 is 0 Å². The molecular weight excluding hydrogens is 294 g/mol. The number of methoxy groups -OCH3 is 1. The molecule has 2 unspecified atom stereocenters. The van der Waals surface area contributed by atoms with E-state index in [0.717, 1.165) is 0 Å². The SMILES string of the molecule is COC(c1noc(CNC2CCS(=O)(=O)C2)n1)C(C)(C)C. The molecule has 8 heteroatoms. The van der Waals surface area contributed by atoms with Crippen molar-refractivity contribution in [3.05, 3.63) is 11.7 Å². The Balaban J connectivity index is 1.94. The fraction of sp³-hybridized carbons (Fsp3) is 0.846. The smallest absolute Gasteiger partial charge is 0.240 e. The molecule has 21 heavy (non-hydrogen) atoms. The third-order valence-corrected chi connectivity index (χ3v) is 5.28. The first-order valence-electron chi connectivity index (χ1n) is 7.00. The van der Waals surface area contributed by atoms with Crippen LogP contribution in [0.3, 0.4) is 0 Å². The van der Waals surface area contributed by atoms with E-state index in [1.165, 1.54) is 0 Å². The van der Waals surface area contributed by atoms with Crippen molar-refractivity contribution in [1.82, 2.24) is 15.5 Å². The van der Waals surface area contributed by atoms with Crippen molar-refractivity contribution >= 4 is 9.84 Å². The molecule has 0 amide bonds. The van der Waals surface area contributed by atoms with Gasteiger partial charge in [-0.15, -0.1) is 0 Å². The van der Waals surface area contributed by atoms with Gasteiger partial charge in [-0.2, -0.15) is 4.98 Å². The first-order chi connectivity index (χ1) is 9.71. The van der Waals surface area contributed by atoms with E-state index in [2.05, 4.69) is 15.5 Å². The van der Waals surface area contributed by atoms with Crippen LogP contribution in [0.1, 0.15) is 45.0 Å². The summed E-state index contributed by atoms with van der Waals surface area (Å²) in [5.74, 6) is 1.38. The maximum Gasteiger partial charge on any atom is 0.240 e. The van der Waals surface area contributed by atoms with Gasteiger partial charge in [-0.25, -0.2) is 8.42 Å². The van der Waals surface area contributed by atoms with Crippen molar-refractivity contribution in [1.29, 1.82) is 0 Å². The van der Waals surface area contributed by atoms with E-state index in [9.17, 15) is 8.42 Å². The van der Waals surface area contributed by atoms with Crippen LogP contribution in [0.4, 0.5) is 0 Å². The monoisotopic (exact) mass is 317 g/mol. The molecule has 1 aliphatic rings. The van der Waals surface area contributed by atoms with E-state index >= 15 is 0 Å². The molecule has 1 aliphatic heterocycles. The molecule has 7 nitrogen and oxygen atoms in total. The molecule has 1 aromatic heterocycles. The number of ether oxygens (including phenoxy) is 1. The standard InChI is InChI=1S/C13H23N3O4S/c1-13(2,3)11(19-4)12-15-10(20-16-12)7-14-9-5-6-21(17,18)8-9/h9,11,14H,5-8H2,1-4H3. The summed E-state index contributed by atoms with van der Waals surface area (Å²) in [5, 5.41) is 7.10. The van der Waals surface area contributed by atoms with Crippen LogP contribution in [0.5, 0.6) is 0 Å². The Morgan fingerprint density at radius 1 is 1.48 bits per heavy atom. The zero-order valence-corrected chi connectivity index (χ0v) is 13.7. The van der Waals surface area contributed by atoms with Crippen LogP contribution in [0, 0.1) is 5.41 Å². The van der Waals surface area contributed by atoms with Gasteiger partial charge in [-0.05, 0) is 11.8 Å². The first-order valence-corrected chi connectivity index (χ1v) is 8.82. The summed E-state index contributed by atoms with van der Waals surface area (Å²) in [6.07, 6.45) is 0.383. The number of nitrogens with one attached hydrogen (secondary N) is 1. The van der Waals surface area contributed by atoms with Crippen LogP contribution in [0.15, 0.2) is 4.52 Å². The summed E-state index contributed by atoms with van der Waals surface area (Å²) in [7, 11) is -1.26. The zero-order valence-electron chi connectivity index (χ0n) is 12.9. The summed E-state index contributed by atoms with van der Waals surface area (Å²) >= 11 is 0. The summed E-state index contributed by atoms with van der Waals surface area (Å²) in [6, 6.07) is -0.0359. The molecule has 0 aliphatic carbocycles. The highest BCUT2D eigenvalue weighted by atomic mass is 32.2. The Morgan fingerprint density at radius 3 is 2.71 bits per heavy atom. The van der Waals surface area contributed by atoms with Crippen LogP contribution in [0.2, 0.25) is 0 Å². The predicted octanol–water partition coefficient (Wildman–Crippen LogP) is 1.08. The predicted molar refractivity (Wildman–Crippen MR) is 77.4 cm³/mol. The van der Waals surface area contributed by atoms with E-state index in [1.807, 2.05) is 20.8 Å². The minimum atomic E-state index is -2.88. The maximum atomic E-state index is 11.4. The fourth-order valence-corrected chi connectivity index (χ4v) is 4.19. The van der Waals surface area contributed by atoms with E-state index in [0.29, 0.717) is 24.7 Å². The van der Waals surface area contributed by atoms with Gasteiger partial charge in [-0.3, -0.25) is 0 Å². The van der Waals surface area contributed by atoms with E-state index in [1.54, 1.807) is 7.11 Å². The average molecular weight is 317 g/mol. The van der Waals surface area contributed by atoms with Crippen LogP contribution in [-0.2, 0) is 21.1 Å². The Bertz CT molecular complexity index is 576. The lowest BCUT2D eigenvalue weighted by Gasteiger charge is -2.26. The third kappa shape index (κ3) is 4.24. The van der Waals surface area contributed by atoms with Crippen molar-refractivity contribution in [3.63, 3.8) is 0 Å². The van der Waals surface area contributed by atoms with E-state index in [-0.39, 0.29) is 29.1 Å². The van der Waals surface area contributed by atoms with Gasteiger partial charge in [0.05, 0.1) is 18.1 Å². The summed E-state index contributed by atoms with van der Waals surface area (Å²) in [4.78, 5) is 4.33. The molecule has 2 rings (SSSR count). The van der Waals surface area contributed by atoms with Gasteiger partial charge in [0.1, 0.15) is 6.10 Å². The second-order valence-electron chi connectivity index (χ2n) is 6.51. The summed E-state index contributed by atoms with van der Waals surface area (Å²) in [5.41, 5.74) is -0.136. The van der Waals surface area contributed by atoms with Gasteiger partial charge < -0.3 is 14.6 Å². The highest BCUT2D eigenvalue weighted by Gasteiger charge is 2.31. The van der Waals surface area contributed by atoms with Gasteiger partial charge in [0, 0.05) is 13.2 Å². The van der Waals surface area contributed by atoms with Gasteiger partial charge in [0.2, 0.25) is 11.7 Å². The molecule has 2 atom stereocenters. The minimum Gasteiger partial charge on any atom is -0.373 e. The fourth-order valence-electron chi connectivity index (χ4n) is 2.48. The molecule has 0 spiro atoms. The quantitative estimate of drug-likeness (QED) is 0.868. The number of hydrogen-bond acceptors (Lipinski definition) is 7. The second kappa shape index (κ2) is 6.02. The maximum absolute atomic E-state index is 11.4. The van der Waals surface area contributed by atoms with Gasteiger partial charge in [0.25, 0.3) is 0 Å². The second-order valence-corrected chi connectivity index (χ2v) is 8.74. The van der Waals surface area contributed by atoms with Crippen LogP contribution in [-0.4, -0.2) is 43.2 Å². The van der Waals surface area contributed by atoms with Crippen molar-refractivity contribution in [2.75, 3.05) is 18.6 Å². The Hall–Kier alpha value is -0.990. The lowest BCUT2D eigenvalue weighted by atomic mass is 9.88. The molecule has 0 radical (unpaired) electrons. The molecule has 1 fully saturated rings. The summed E-state index contributed by atoms with van der Waals surface area (Å²) < 4.78 is 33.4. The van der Waals surface area contributed by atoms with E-state index < -0.39 is 9.84 Å². The molecule has 1 aromatic rings. The lowest BCUT2D eigenvalue weighted by Crippen LogP contribution is -2.29. The normalized spacial score (nSPS) is 23.3. The van der Waals surface area contributed by atoms with Crippen molar-refractivity contribution in [3.8, 4) is 0 Å². The number of rotatable bonds is 5. The van der Waals surface area contributed by atoms with Crippen LogP contribution in [0.25, 0.3) is 0 Å². The molecule has 1 N–H and O–H groups in total. The summed E-state index contributed by atoms with van der Waals surface area (Å²) in [6.45, 7) is 6.49. The molecule has 1 saturated heterocycles. The van der Waals surface area contributed by atoms with Crippen LogP contribution >= 0.6 is 0 Å². The topological polar surface area (TPSA) is 94.3 Å². The van der Waals surface area contributed by atoms with Crippen molar-refractivity contribution in [2.24, 2.45) is 5.41 Å². The largest absolute Gasteiger partial charge is 0.373 e. The van der Waals surface area contributed by atoms with Crippen LogP contribution < -0.4 is 5.32 Å². The molecule has 120 valence electrons. The zero-order chi connectivity index (χ0) is 15.7. The van der Waals surface area contributed by atoms with E-state index in [4.69, 9.17) is 9.26 Å².